The summed E-state index contributed by atoms with van der Waals surface area (Å²) < 4.78 is 0. The second-order valence-electron chi connectivity index (χ2n) is 9.88. The van der Waals surface area contributed by atoms with E-state index < -0.39 is 0 Å². The van der Waals surface area contributed by atoms with Gasteiger partial charge in [-0.2, -0.15) is 11.8 Å². The van der Waals surface area contributed by atoms with Gasteiger partial charge in [0.05, 0.1) is 0 Å². The minimum atomic E-state index is 0.360. The Bertz CT molecular complexity index is 536. The van der Waals surface area contributed by atoms with Crippen molar-refractivity contribution in [2.24, 2.45) is 34.5 Å². The lowest BCUT2D eigenvalue weighted by molar-refractivity contribution is -0.164. The third-order valence-corrected chi connectivity index (χ3v) is 10.5. The Hall–Kier alpha value is -0.180. The second-order valence-corrected chi connectivity index (χ2v) is 10.9. The molecule has 0 radical (unpaired) electrons. The maximum Gasteiger partial charge on any atom is 0.222 e. The van der Waals surface area contributed by atoms with Gasteiger partial charge in [0.1, 0.15) is 0 Å². The first kappa shape index (κ1) is 17.2. The Morgan fingerprint density at radius 1 is 1.08 bits per heavy atom. The minimum absolute atomic E-state index is 0.360. The van der Waals surface area contributed by atoms with Gasteiger partial charge in [-0.05, 0) is 79.3 Å². The maximum absolute atomic E-state index is 12.3. The summed E-state index contributed by atoms with van der Waals surface area (Å²) in [6, 6.07) is 0.483. The van der Waals surface area contributed by atoms with E-state index in [4.69, 9.17) is 0 Å². The van der Waals surface area contributed by atoms with Crippen molar-refractivity contribution in [3.05, 3.63) is 0 Å². The molecule has 24 heavy (non-hydrogen) atoms. The molecule has 0 aromatic rings. The number of nitrogens with zero attached hydrogens (tertiary/aromatic N) is 1. The summed E-state index contributed by atoms with van der Waals surface area (Å²) in [7, 11) is 2.07. The summed E-state index contributed by atoms with van der Waals surface area (Å²) in [4.78, 5) is 14.4. The van der Waals surface area contributed by atoms with E-state index in [1.54, 1.807) is 0 Å². The van der Waals surface area contributed by atoms with Crippen molar-refractivity contribution in [1.29, 1.82) is 0 Å². The molecule has 3 unspecified atom stereocenters. The summed E-state index contributed by atoms with van der Waals surface area (Å²) >= 11 is 2.13. The molecule has 1 heterocycles. The molecule has 0 aromatic heterocycles. The number of thioether (sulfide) groups is 1. The number of fused-ring (bicyclic) bond motifs is 5. The summed E-state index contributed by atoms with van der Waals surface area (Å²) in [5, 5.41) is 0.872. The Morgan fingerprint density at radius 3 is 2.50 bits per heavy atom. The van der Waals surface area contributed by atoms with E-state index in [9.17, 15) is 4.79 Å². The molecule has 4 aliphatic rings. The van der Waals surface area contributed by atoms with Crippen LogP contribution in [0.15, 0.2) is 0 Å². The molecule has 0 spiro atoms. The molecule has 1 aliphatic heterocycles. The quantitative estimate of drug-likeness (QED) is 0.676. The number of hydrogen-bond donors (Lipinski definition) is 0. The highest BCUT2D eigenvalue weighted by Gasteiger charge is 2.62. The Morgan fingerprint density at radius 2 is 1.79 bits per heavy atom. The predicted molar refractivity (Wildman–Crippen MR) is 102 cm³/mol. The minimum Gasteiger partial charge on any atom is -0.342 e. The fourth-order valence-corrected chi connectivity index (χ4v) is 9.00. The van der Waals surface area contributed by atoms with E-state index in [1.807, 2.05) is 0 Å². The highest BCUT2D eigenvalue weighted by atomic mass is 32.2. The van der Waals surface area contributed by atoms with Crippen LogP contribution in [-0.2, 0) is 4.79 Å². The second kappa shape index (κ2) is 5.66. The van der Waals surface area contributed by atoms with Gasteiger partial charge in [-0.15, -0.1) is 0 Å². The number of piperidine rings is 1. The summed E-state index contributed by atoms with van der Waals surface area (Å²) in [5.74, 6) is 3.80. The number of amides is 1. The molecule has 0 N–H and O–H groups in total. The van der Waals surface area contributed by atoms with E-state index in [2.05, 4.69) is 50.7 Å². The van der Waals surface area contributed by atoms with Crippen LogP contribution in [0, 0.1) is 34.5 Å². The molecule has 4 rings (SSSR count). The Balaban J connectivity index is 1.69. The van der Waals surface area contributed by atoms with Crippen LogP contribution >= 0.6 is 11.8 Å². The fraction of sp³-hybridized carbons (Fsp3) is 0.952. The molecule has 3 heteroatoms. The van der Waals surface area contributed by atoms with Gasteiger partial charge in [0, 0.05) is 24.8 Å². The molecular weight excluding hydrogens is 314 g/mol. The molecule has 1 amide bonds. The van der Waals surface area contributed by atoms with Crippen LogP contribution in [0.4, 0.5) is 0 Å². The Kier molecular flexibility index (Phi) is 4.07. The molecule has 3 saturated carbocycles. The molecular formula is C21H35NOS. The lowest BCUT2D eigenvalue weighted by Gasteiger charge is -2.63. The summed E-state index contributed by atoms with van der Waals surface area (Å²) in [5.41, 5.74) is 0.924. The average molecular weight is 350 g/mol. The van der Waals surface area contributed by atoms with Gasteiger partial charge >= 0.3 is 0 Å². The zero-order valence-electron chi connectivity index (χ0n) is 16.2. The van der Waals surface area contributed by atoms with Crippen molar-refractivity contribution in [2.45, 2.75) is 77.0 Å². The van der Waals surface area contributed by atoms with E-state index in [-0.39, 0.29) is 0 Å². The number of carbonyl (C=O) groups excluding carboxylic acids is 1. The van der Waals surface area contributed by atoms with Crippen molar-refractivity contribution in [3.8, 4) is 0 Å². The SMILES string of the molecule is CSC1CC[C@H]2[C@@H]3C(C)CC4N(C)C(=O)CC[C@]4(C)[C@@H]3CC[C@]12C. The van der Waals surface area contributed by atoms with Crippen molar-refractivity contribution in [3.63, 3.8) is 0 Å². The van der Waals surface area contributed by atoms with Crippen LogP contribution in [0.2, 0.25) is 0 Å². The first-order valence-corrected chi connectivity index (χ1v) is 11.4. The highest BCUT2D eigenvalue weighted by molar-refractivity contribution is 7.99. The van der Waals surface area contributed by atoms with Gasteiger partial charge in [0.25, 0.3) is 0 Å². The molecule has 1 saturated heterocycles. The Labute approximate surface area is 152 Å². The van der Waals surface area contributed by atoms with Crippen molar-refractivity contribution >= 4 is 17.7 Å². The molecule has 8 atom stereocenters. The van der Waals surface area contributed by atoms with Crippen LogP contribution < -0.4 is 0 Å². The van der Waals surface area contributed by atoms with Crippen LogP contribution in [0.3, 0.4) is 0 Å². The van der Waals surface area contributed by atoms with Crippen LogP contribution in [0.1, 0.15) is 65.7 Å². The van der Waals surface area contributed by atoms with Crippen LogP contribution in [0.25, 0.3) is 0 Å². The lowest BCUT2D eigenvalue weighted by Crippen LogP contribution is -2.63. The highest BCUT2D eigenvalue weighted by Crippen LogP contribution is 2.67. The fourth-order valence-electron chi connectivity index (χ4n) is 7.80. The van der Waals surface area contributed by atoms with E-state index in [1.165, 1.54) is 32.1 Å². The number of carbonyl (C=O) groups is 1. The zero-order valence-corrected chi connectivity index (χ0v) is 17.0. The maximum atomic E-state index is 12.3. The van der Waals surface area contributed by atoms with E-state index in [0.717, 1.165) is 41.8 Å². The zero-order chi connectivity index (χ0) is 17.3. The standard InChI is InChI=1S/C21H35NOS/c1-13-12-16-20(2,11-9-18(23)22(16)4)15-8-10-21(3)14(19(13)15)6-7-17(21)24-5/h13-17,19H,6-12H2,1-5H3/t13?,14-,15+,16?,17?,19-,20+,21-/m0/s1. The van der Waals surface area contributed by atoms with Gasteiger partial charge in [0.2, 0.25) is 5.91 Å². The average Bonchev–Trinajstić information content (AvgIpc) is 2.90. The van der Waals surface area contributed by atoms with E-state index >= 15 is 0 Å². The molecule has 3 aliphatic carbocycles. The lowest BCUT2D eigenvalue weighted by atomic mass is 9.45. The summed E-state index contributed by atoms with van der Waals surface area (Å²) in [6.07, 6.45) is 11.1. The first-order valence-electron chi connectivity index (χ1n) is 10.1. The van der Waals surface area contributed by atoms with Gasteiger partial charge in [0.15, 0.2) is 0 Å². The third-order valence-electron chi connectivity index (χ3n) is 9.13. The first-order chi connectivity index (χ1) is 11.3. The number of hydrogen-bond acceptors (Lipinski definition) is 2. The van der Waals surface area contributed by atoms with Gasteiger partial charge in [-0.3, -0.25) is 4.79 Å². The number of rotatable bonds is 1. The normalized spacial score (nSPS) is 54.2. The van der Waals surface area contributed by atoms with Crippen molar-refractivity contribution in [1.82, 2.24) is 4.90 Å². The van der Waals surface area contributed by atoms with Gasteiger partial charge in [-0.25, -0.2) is 0 Å². The molecule has 2 nitrogen and oxygen atoms in total. The topological polar surface area (TPSA) is 20.3 Å². The van der Waals surface area contributed by atoms with Gasteiger partial charge in [-0.1, -0.05) is 20.8 Å². The van der Waals surface area contributed by atoms with Crippen LogP contribution in [-0.4, -0.2) is 35.4 Å². The van der Waals surface area contributed by atoms with Gasteiger partial charge < -0.3 is 4.90 Å². The summed E-state index contributed by atoms with van der Waals surface area (Å²) in [6.45, 7) is 7.65. The monoisotopic (exact) mass is 349 g/mol. The molecule has 4 fully saturated rings. The number of likely N-dealkylation sites (tertiary alicyclic amines) is 1. The molecule has 0 aromatic carbocycles. The third kappa shape index (κ3) is 2.12. The van der Waals surface area contributed by atoms with Crippen LogP contribution in [0.5, 0.6) is 0 Å². The molecule has 136 valence electrons. The largest absolute Gasteiger partial charge is 0.342 e. The van der Waals surface area contributed by atoms with Crippen molar-refractivity contribution in [2.75, 3.05) is 13.3 Å². The van der Waals surface area contributed by atoms with Crippen molar-refractivity contribution < 1.29 is 4.79 Å². The van der Waals surface area contributed by atoms with E-state index in [0.29, 0.717) is 22.8 Å². The smallest absolute Gasteiger partial charge is 0.222 e. The predicted octanol–water partition coefficient (Wildman–Crippen LogP) is 4.83. The molecule has 0 bridgehead atoms.